The molecule has 0 unspecified atom stereocenters. The van der Waals surface area contributed by atoms with Gasteiger partial charge < -0.3 is 10.5 Å². The normalized spacial score (nSPS) is 11.0. The van der Waals surface area contributed by atoms with Crippen molar-refractivity contribution in [1.29, 1.82) is 0 Å². The Bertz CT molecular complexity index is 1020. The fourth-order valence-electron chi connectivity index (χ4n) is 3.13. The lowest BCUT2D eigenvalue weighted by Crippen LogP contribution is -2.26. The number of nitrogens with zero attached hydrogens (tertiary/aromatic N) is 2. The van der Waals surface area contributed by atoms with Gasteiger partial charge in [0.15, 0.2) is 0 Å². The SMILES string of the molecule is CCCc1nc2scc(-c3cccc(OC)c3)c2c(=O)n1CCCC(N)=O. The number of hydrogen-bond donors (Lipinski definition) is 1. The Balaban J connectivity index is 2.12. The molecule has 0 saturated carbocycles. The molecule has 3 rings (SSSR count). The minimum Gasteiger partial charge on any atom is -0.497 e. The highest BCUT2D eigenvalue weighted by Crippen LogP contribution is 2.32. The van der Waals surface area contributed by atoms with Crippen molar-refractivity contribution >= 4 is 27.5 Å². The average Bonchev–Trinajstić information content (AvgIpc) is 3.08. The van der Waals surface area contributed by atoms with E-state index in [0.29, 0.717) is 24.8 Å². The van der Waals surface area contributed by atoms with Crippen LogP contribution in [0.3, 0.4) is 0 Å². The first-order valence-electron chi connectivity index (χ1n) is 8.98. The van der Waals surface area contributed by atoms with Crippen LogP contribution in [0.2, 0.25) is 0 Å². The summed E-state index contributed by atoms with van der Waals surface area (Å²) in [6.07, 6.45) is 2.39. The number of aryl methyl sites for hydroxylation is 1. The number of carbonyl (C=O) groups excluding carboxylic acids is 1. The van der Waals surface area contributed by atoms with E-state index in [2.05, 4.69) is 6.92 Å². The van der Waals surface area contributed by atoms with Crippen LogP contribution >= 0.6 is 11.3 Å². The Morgan fingerprint density at radius 3 is 2.89 bits per heavy atom. The lowest BCUT2D eigenvalue weighted by Gasteiger charge is -2.12. The minimum absolute atomic E-state index is 0.0630. The average molecular weight is 385 g/mol. The highest BCUT2D eigenvalue weighted by Gasteiger charge is 2.17. The van der Waals surface area contributed by atoms with Gasteiger partial charge in [-0.3, -0.25) is 14.2 Å². The molecule has 2 aromatic heterocycles. The summed E-state index contributed by atoms with van der Waals surface area (Å²) >= 11 is 1.47. The Hall–Kier alpha value is -2.67. The molecule has 2 heterocycles. The molecule has 2 N–H and O–H groups in total. The fraction of sp³-hybridized carbons (Fsp3) is 0.350. The second kappa shape index (κ2) is 8.35. The molecular formula is C20H23N3O3S. The van der Waals surface area contributed by atoms with E-state index in [1.54, 1.807) is 11.7 Å². The predicted molar refractivity (Wildman–Crippen MR) is 108 cm³/mol. The third-order valence-corrected chi connectivity index (χ3v) is 5.30. The molecule has 0 aliphatic rings. The topological polar surface area (TPSA) is 87.2 Å². The van der Waals surface area contributed by atoms with Crippen LogP contribution in [0.1, 0.15) is 32.0 Å². The molecule has 0 spiro atoms. The maximum absolute atomic E-state index is 13.3. The smallest absolute Gasteiger partial charge is 0.262 e. The largest absolute Gasteiger partial charge is 0.497 e. The van der Waals surface area contributed by atoms with E-state index in [9.17, 15) is 9.59 Å². The Morgan fingerprint density at radius 1 is 1.37 bits per heavy atom. The third kappa shape index (κ3) is 4.03. The number of primary amides is 1. The zero-order chi connectivity index (χ0) is 19.4. The first-order chi connectivity index (χ1) is 13.0. The van der Waals surface area contributed by atoms with Crippen LogP contribution in [0.5, 0.6) is 5.75 Å². The van der Waals surface area contributed by atoms with Crippen LogP contribution in [0, 0.1) is 0 Å². The molecule has 0 bridgehead atoms. The molecule has 6 nitrogen and oxygen atoms in total. The number of nitrogens with two attached hydrogens (primary N) is 1. The maximum Gasteiger partial charge on any atom is 0.262 e. The summed E-state index contributed by atoms with van der Waals surface area (Å²) in [5.74, 6) is 1.14. The molecule has 1 aromatic carbocycles. The summed E-state index contributed by atoms with van der Waals surface area (Å²) in [6.45, 7) is 2.49. The van der Waals surface area contributed by atoms with E-state index in [4.69, 9.17) is 15.5 Å². The molecule has 0 fully saturated rings. The van der Waals surface area contributed by atoms with E-state index in [-0.39, 0.29) is 17.9 Å². The first kappa shape index (κ1) is 19.1. The number of ether oxygens (including phenoxy) is 1. The highest BCUT2D eigenvalue weighted by atomic mass is 32.1. The first-order valence-corrected chi connectivity index (χ1v) is 9.86. The zero-order valence-electron chi connectivity index (χ0n) is 15.5. The van der Waals surface area contributed by atoms with E-state index in [0.717, 1.165) is 34.0 Å². The van der Waals surface area contributed by atoms with Crippen LogP contribution in [-0.2, 0) is 17.8 Å². The van der Waals surface area contributed by atoms with E-state index < -0.39 is 0 Å². The summed E-state index contributed by atoms with van der Waals surface area (Å²) < 4.78 is 7.01. The molecule has 0 atom stereocenters. The third-order valence-electron chi connectivity index (χ3n) is 4.43. The summed E-state index contributed by atoms with van der Waals surface area (Å²) in [4.78, 5) is 29.8. The quantitative estimate of drug-likeness (QED) is 0.644. The van der Waals surface area contributed by atoms with Crippen molar-refractivity contribution in [3.63, 3.8) is 0 Å². The molecule has 7 heteroatoms. The Labute approximate surface area is 161 Å². The number of carbonyl (C=O) groups is 1. The predicted octanol–water partition coefficient (Wildman–Crippen LogP) is 3.35. The molecule has 0 aliphatic heterocycles. The van der Waals surface area contributed by atoms with Gasteiger partial charge in [-0.1, -0.05) is 19.1 Å². The van der Waals surface area contributed by atoms with Gasteiger partial charge in [0.1, 0.15) is 16.4 Å². The standard InChI is InChI=1S/C20H23N3O3S/c1-3-6-17-22-19-18(20(25)23(17)10-5-9-16(21)24)15(12-27-19)13-7-4-8-14(11-13)26-2/h4,7-8,11-12H,3,5-6,9-10H2,1-2H3,(H2,21,24). The maximum atomic E-state index is 13.3. The zero-order valence-corrected chi connectivity index (χ0v) is 16.3. The summed E-state index contributed by atoms with van der Waals surface area (Å²) in [5.41, 5.74) is 6.96. The van der Waals surface area contributed by atoms with Crippen LogP contribution in [0.25, 0.3) is 21.3 Å². The van der Waals surface area contributed by atoms with Crippen LogP contribution in [0.15, 0.2) is 34.4 Å². The number of hydrogen-bond acceptors (Lipinski definition) is 5. The van der Waals surface area contributed by atoms with Crippen LogP contribution in [-0.4, -0.2) is 22.6 Å². The van der Waals surface area contributed by atoms with Gasteiger partial charge in [-0.15, -0.1) is 11.3 Å². The van der Waals surface area contributed by atoms with Gasteiger partial charge >= 0.3 is 0 Å². The van der Waals surface area contributed by atoms with Gasteiger partial charge in [0.25, 0.3) is 5.56 Å². The van der Waals surface area contributed by atoms with Gasteiger partial charge in [0.05, 0.1) is 12.5 Å². The summed E-state index contributed by atoms with van der Waals surface area (Å²) in [7, 11) is 1.62. The van der Waals surface area contributed by atoms with Crippen molar-refractivity contribution in [2.45, 2.75) is 39.2 Å². The molecular weight excluding hydrogens is 362 g/mol. The number of amides is 1. The van der Waals surface area contributed by atoms with Gasteiger partial charge in [-0.2, -0.15) is 0 Å². The number of methoxy groups -OCH3 is 1. The number of thiophene rings is 1. The molecule has 0 aliphatic carbocycles. The van der Waals surface area contributed by atoms with E-state index >= 15 is 0 Å². The van der Waals surface area contributed by atoms with Crippen LogP contribution < -0.4 is 16.0 Å². The number of benzene rings is 1. The van der Waals surface area contributed by atoms with E-state index in [1.807, 2.05) is 29.6 Å². The van der Waals surface area contributed by atoms with Crippen molar-refractivity contribution in [3.8, 4) is 16.9 Å². The lowest BCUT2D eigenvalue weighted by molar-refractivity contribution is -0.118. The lowest BCUT2D eigenvalue weighted by atomic mass is 10.1. The highest BCUT2D eigenvalue weighted by molar-refractivity contribution is 7.17. The van der Waals surface area contributed by atoms with Crippen molar-refractivity contribution < 1.29 is 9.53 Å². The summed E-state index contributed by atoms with van der Waals surface area (Å²) in [6, 6.07) is 7.65. The van der Waals surface area contributed by atoms with Gasteiger partial charge in [-0.25, -0.2) is 4.98 Å². The molecule has 1 amide bonds. The Morgan fingerprint density at radius 2 is 2.19 bits per heavy atom. The molecule has 0 saturated heterocycles. The van der Waals surface area contributed by atoms with Crippen molar-refractivity contribution in [1.82, 2.24) is 9.55 Å². The van der Waals surface area contributed by atoms with Gasteiger partial charge in [-0.05, 0) is 30.5 Å². The Kier molecular flexibility index (Phi) is 5.91. The number of rotatable bonds is 8. The fourth-order valence-corrected chi connectivity index (χ4v) is 4.08. The number of aromatic nitrogens is 2. The van der Waals surface area contributed by atoms with E-state index in [1.165, 1.54) is 11.3 Å². The molecule has 142 valence electrons. The second-order valence-corrected chi connectivity index (χ2v) is 7.22. The number of fused-ring (bicyclic) bond motifs is 1. The molecule has 0 radical (unpaired) electrons. The second-order valence-electron chi connectivity index (χ2n) is 6.37. The van der Waals surface area contributed by atoms with Crippen molar-refractivity contribution in [2.24, 2.45) is 5.73 Å². The molecule has 3 aromatic rings. The van der Waals surface area contributed by atoms with Crippen molar-refractivity contribution in [2.75, 3.05) is 7.11 Å². The van der Waals surface area contributed by atoms with Gasteiger partial charge in [0.2, 0.25) is 5.91 Å². The monoisotopic (exact) mass is 385 g/mol. The molecule has 27 heavy (non-hydrogen) atoms. The van der Waals surface area contributed by atoms with Crippen molar-refractivity contribution in [3.05, 3.63) is 45.8 Å². The van der Waals surface area contributed by atoms with Gasteiger partial charge in [0, 0.05) is 30.3 Å². The minimum atomic E-state index is -0.360. The summed E-state index contributed by atoms with van der Waals surface area (Å²) in [5, 5.41) is 2.59. The van der Waals surface area contributed by atoms with Crippen LogP contribution in [0.4, 0.5) is 0 Å².